The quantitative estimate of drug-likeness (QED) is 0.735. The summed E-state index contributed by atoms with van der Waals surface area (Å²) in [6.07, 6.45) is 0. The molecule has 1 aliphatic rings. The third-order valence-electron chi connectivity index (χ3n) is 5.49. The van der Waals surface area contributed by atoms with Crippen molar-refractivity contribution in [1.29, 1.82) is 0 Å². The third kappa shape index (κ3) is 5.68. The van der Waals surface area contributed by atoms with Crippen LogP contribution in [0, 0.1) is 0 Å². The van der Waals surface area contributed by atoms with Crippen LogP contribution in [0.3, 0.4) is 0 Å². The van der Waals surface area contributed by atoms with Gasteiger partial charge >= 0.3 is 0 Å². The Balaban J connectivity index is 1.51. The minimum Gasteiger partial charge on any atom is -0.339 e. The van der Waals surface area contributed by atoms with Gasteiger partial charge < -0.3 is 4.90 Å². The molecule has 7 heteroatoms. The van der Waals surface area contributed by atoms with Gasteiger partial charge in [-0.15, -0.1) is 0 Å². The van der Waals surface area contributed by atoms with Crippen LogP contribution in [0.25, 0.3) is 0 Å². The number of hydrogen-bond acceptors (Lipinski definition) is 4. The molecule has 1 unspecified atom stereocenters. The molecule has 2 aromatic rings. The maximum absolute atomic E-state index is 12.8. The molecule has 1 amide bonds. The molecule has 1 atom stereocenters. The Morgan fingerprint density at radius 2 is 1.53 bits per heavy atom. The van der Waals surface area contributed by atoms with Gasteiger partial charge in [0.2, 0.25) is 15.9 Å². The zero-order valence-corrected chi connectivity index (χ0v) is 18.7. The van der Waals surface area contributed by atoms with Crippen molar-refractivity contribution < 1.29 is 13.2 Å². The normalized spacial score (nSPS) is 16.6. The Morgan fingerprint density at radius 3 is 2.10 bits per heavy atom. The topological polar surface area (TPSA) is 69.7 Å². The summed E-state index contributed by atoms with van der Waals surface area (Å²) in [6.45, 7) is 9.58. The lowest BCUT2D eigenvalue weighted by Crippen LogP contribution is -2.53. The zero-order valence-electron chi connectivity index (χ0n) is 17.9. The van der Waals surface area contributed by atoms with Crippen molar-refractivity contribution >= 4 is 15.9 Å². The van der Waals surface area contributed by atoms with Crippen LogP contribution >= 0.6 is 0 Å². The predicted molar refractivity (Wildman–Crippen MR) is 119 cm³/mol. The van der Waals surface area contributed by atoms with Gasteiger partial charge in [0.05, 0.1) is 10.9 Å². The summed E-state index contributed by atoms with van der Waals surface area (Å²) in [5.41, 5.74) is 2.60. The Kier molecular flexibility index (Phi) is 7.28. The van der Waals surface area contributed by atoms with E-state index in [4.69, 9.17) is 0 Å². The first-order valence-corrected chi connectivity index (χ1v) is 11.9. The number of nitrogens with zero attached hydrogens (tertiary/aromatic N) is 2. The van der Waals surface area contributed by atoms with Gasteiger partial charge in [0, 0.05) is 32.7 Å². The molecule has 2 aromatic carbocycles. The van der Waals surface area contributed by atoms with E-state index in [9.17, 15) is 13.2 Å². The van der Waals surface area contributed by atoms with Gasteiger partial charge in [-0.05, 0) is 36.1 Å². The van der Waals surface area contributed by atoms with Crippen LogP contribution in [0.4, 0.5) is 0 Å². The zero-order chi connectivity index (χ0) is 21.7. The molecular weight excluding hydrogens is 398 g/mol. The predicted octanol–water partition coefficient (Wildman–Crippen LogP) is 2.82. The molecule has 1 saturated heterocycles. The monoisotopic (exact) mass is 429 g/mol. The van der Waals surface area contributed by atoms with Crippen molar-refractivity contribution in [1.82, 2.24) is 14.5 Å². The molecule has 0 radical (unpaired) electrons. The fraction of sp³-hybridized carbons (Fsp3) is 0.435. The molecule has 6 nitrogen and oxygen atoms in total. The van der Waals surface area contributed by atoms with Crippen LogP contribution < -0.4 is 4.72 Å². The summed E-state index contributed by atoms with van der Waals surface area (Å²) in [4.78, 5) is 17.0. The van der Waals surface area contributed by atoms with Crippen molar-refractivity contribution in [3.8, 4) is 0 Å². The summed E-state index contributed by atoms with van der Waals surface area (Å²) in [6, 6.07) is 16.0. The fourth-order valence-corrected chi connectivity index (χ4v) is 4.83. The number of sulfonamides is 1. The van der Waals surface area contributed by atoms with E-state index in [1.54, 1.807) is 30.0 Å². The first kappa shape index (κ1) is 22.5. The molecule has 0 bridgehead atoms. The smallest absolute Gasteiger partial charge is 0.241 e. The first-order valence-electron chi connectivity index (χ1n) is 10.4. The van der Waals surface area contributed by atoms with Gasteiger partial charge in [-0.1, -0.05) is 56.3 Å². The second kappa shape index (κ2) is 9.73. The summed E-state index contributed by atoms with van der Waals surface area (Å²) in [5.74, 6) is 0.338. The van der Waals surface area contributed by atoms with Crippen molar-refractivity contribution in [2.24, 2.45) is 0 Å². The highest BCUT2D eigenvalue weighted by Crippen LogP contribution is 2.16. The van der Waals surface area contributed by atoms with E-state index in [-0.39, 0.29) is 10.8 Å². The number of benzene rings is 2. The van der Waals surface area contributed by atoms with Crippen LogP contribution in [0.5, 0.6) is 0 Å². The van der Waals surface area contributed by atoms with E-state index in [1.165, 1.54) is 23.3 Å². The molecular formula is C23H31N3O3S. The molecule has 1 fully saturated rings. The largest absolute Gasteiger partial charge is 0.339 e. The van der Waals surface area contributed by atoms with Gasteiger partial charge in [0.25, 0.3) is 0 Å². The Morgan fingerprint density at radius 1 is 0.933 bits per heavy atom. The standard InChI is InChI=1S/C23H31N3O3S/c1-18(2)21-11-9-20(10-12-21)17-25-13-15-26(16-14-25)23(27)19(3)24-30(28,29)22-7-5-4-6-8-22/h4-12,18-19,24H,13-17H2,1-3H3. The van der Waals surface area contributed by atoms with Crippen molar-refractivity contribution in [2.45, 2.75) is 44.2 Å². The second-order valence-electron chi connectivity index (χ2n) is 8.15. The highest BCUT2D eigenvalue weighted by atomic mass is 32.2. The lowest BCUT2D eigenvalue weighted by Gasteiger charge is -2.36. The van der Waals surface area contributed by atoms with Gasteiger partial charge in [0.15, 0.2) is 0 Å². The number of carbonyl (C=O) groups excluding carboxylic acids is 1. The summed E-state index contributed by atoms with van der Waals surface area (Å²) < 4.78 is 27.4. The number of piperazine rings is 1. The van der Waals surface area contributed by atoms with Gasteiger partial charge in [-0.2, -0.15) is 4.72 Å². The minimum absolute atomic E-state index is 0.165. The maximum atomic E-state index is 12.8. The summed E-state index contributed by atoms with van der Waals surface area (Å²) >= 11 is 0. The summed E-state index contributed by atoms with van der Waals surface area (Å²) in [7, 11) is -3.71. The van der Waals surface area contributed by atoms with E-state index >= 15 is 0 Å². The van der Waals surface area contributed by atoms with Gasteiger partial charge in [-0.25, -0.2) is 8.42 Å². The Labute approximate surface area is 179 Å². The van der Waals surface area contributed by atoms with Crippen molar-refractivity contribution in [3.05, 3.63) is 65.7 Å². The SMILES string of the molecule is CC(NS(=O)(=O)c1ccccc1)C(=O)N1CCN(Cc2ccc(C(C)C)cc2)CC1. The fourth-order valence-electron chi connectivity index (χ4n) is 3.62. The lowest BCUT2D eigenvalue weighted by molar-refractivity contribution is -0.134. The van der Waals surface area contributed by atoms with Gasteiger partial charge in [-0.3, -0.25) is 9.69 Å². The molecule has 0 spiro atoms. The van der Waals surface area contributed by atoms with E-state index in [2.05, 4.69) is 47.7 Å². The molecule has 162 valence electrons. The van der Waals surface area contributed by atoms with E-state index in [1.807, 2.05) is 0 Å². The molecule has 3 rings (SSSR count). The average molecular weight is 430 g/mol. The van der Waals surface area contributed by atoms with E-state index < -0.39 is 16.1 Å². The Hall–Kier alpha value is -2.22. The molecule has 0 aromatic heterocycles. The first-order chi connectivity index (χ1) is 14.3. The molecule has 0 saturated carbocycles. The number of nitrogens with one attached hydrogen (secondary N) is 1. The molecule has 1 aliphatic heterocycles. The number of hydrogen-bond donors (Lipinski definition) is 1. The minimum atomic E-state index is -3.71. The second-order valence-corrected chi connectivity index (χ2v) is 9.87. The van der Waals surface area contributed by atoms with E-state index in [0.29, 0.717) is 19.0 Å². The molecule has 1 N–H and O–H groups in total. The molecule has 0 aliphatic carbocycles. The maximum Gasteiger partial charge on any atom is 0.241 e. The van der Waals surface area contributed by atoms with E-state index in [0.717, 1.165) is 19.6 Å². The highest BCUT2D eigenvalue weighted by molar-refractivity contribution is 7.89. The lowest BCUT2D eigenvalue weighted by atomic mass is 10.0. The van der Waals surface area contributed by atoms with Crippen LogP contribution in [0.15, 0.2) is 59.5 Å². The Bertz CT molecular complexity index is 935. The number of carbonyl (C=O) groups is 1. The van der Waals surface area contributed by atoms with Crippen molar-refractivity contribution in [2.75, 3.05) is 26.2 Å². The number of amides is 1. The van der Waals surface area contributed by atoms with Gasteiger partial charge in [0.1, 0.15) is 0 Å². The van der Waals surface area contributed by atoms with Crippen molar-refractivity contribution in [3.63, 3.8) is 0 Å². The van der Waals surface area contributed by atoms with Crippen LogP contribution in [-0.2, 0) is 21.4 Å². The average Bonchev–Trinajstić information content (AvgIpc) is 2.74. The molecule has 30 heavy (non-hydrogen) atoms. The van der Waals surface area contributed by atoms with Crippen LogP contribution in [0.2, 0.25) is 0 Å². The summed E-state index contributed by atoms with van der Waals surface area (Å²) in [5, 5.41) is 0. The highest BCUT2D eigenvalue weighted by Gasteiger charge is 2.28. The van der Waals surface area contributed by atoms with Crippen LogP contribution in [0.1, 0.15) is 37.8 Å². The van der Waals surface area contributed by atoms with Crippen LogP contribution in [-0.4, -0.2) is 56.3 Å². The number of rotatable bonds is 7. The third-order valence-corrected chi connectivity index (χ3v) is 7.05. The molecule has 1 heterocycles.